The summed E-state index contributed by atoms with van der Waals surface area (Å²) < 4.78 is 3.71. The van der Waals surface area contributed by atoms with Crippen molar-refractivity contribution >= 4 is 14.4 Å². The molecule has 0 bridgehead atoms. The predicted molar refractivity (Wildman–Crippen MR) is 255 cm³/mol. The van der Waals surface area contributed by atoms with Gasteiger partial charge in [0.1, 0.15) is 0 Å². The molecule has 4 aromatic rings. The SMILES string of the molecule is CC1=CCC(C)(C)c2cc3c(cc21)-c1cc2c(cc1[CH]3[Zr+2]([C]1=CC(C(C)(C)C)=CC1C)=[C](c1ccc(C(C)(C)C)cc1)c1ccc(C(C)(C)C)cc1)C(C)(C)CC=C2C.[Cl-].[Cl-]. The fraction of sp³-hybridized carbons (Fsp3) is 0.431. The van der Waals surface area contributed by atoms with E-state index >= 15 is 0 Å². The first-order valence-corrected chi connectivity index (χ1v) is 26.4. The zero-order valence-corrected chi connectivity index (χ0v) is 44.0. The normalized spacial score (nSPS) is 18.7. The maximum absolute atomic E-state index is 3.10. The Hall–Kier alpha value is -2.83. The Labute approximate surface area is 390 Å². The number of hydrogen-bond acceptors (Lipinski definition) is 0. The number of fused-ring (bicyclic) bond motifs is 5. The average molecular weight is 929 g/mol. The van der Waals surface area contributed by atoms with Crippen LogP contribution in [0.5, 0.6) is 0 Å². The molecule has 61 heavy (non-hydrogen) atoms. The monoisotopic (exact) mass is 926 g/mol. The van der Waals surface area contributed by atoms with Crippen LogP contribution in [0.2, 0.25) is 0 Å². The maximum atomic E-state index is 2.74. The van der Waals surface area contributed by atoms with Crippen LogP contribution in [0, 0.1) is 11.3 Å². The Bertz CT molecular complexity index is 2400. The van der Waals surface area contributed by atoms with Gasteiger partial charge in [0, 0.05) is 0 Å². The largest absolute Gasteiger partial charge is 1.00 e. The van der Waals surface area contributed by atoms with E-state index in [2.05, 4.69) is 208 Å². The average Bonchev–Trinajstić information content (AvgIpc) is 3.70. The molecule has 0 saturated carbocycles. The Kier molecular flexibility index (Phi) is 12.7. The van der Waals surface area contributed by atoms with Crippen LogP contribution in [0.1, 0.15) is 183 Å². The van der Waals surface area contributed by atoms with Gasteiger partial charge >= 0.3 is 369 Å². The third-order valence-corrected chi connectivity index (χ3v) is 23.2. The molecule has 4 aromatic carbocycles. The number of benzene rings is 4. The molecule has 1 unspecified atom stereocenters. The van der Waals surface area contributed by atoms with Crippen molar-refractivity contribution in [2.75, 3.05) is 0 Å². The Morgan fingerprint density at radius 3 is 1.30 bits per heavy atom. The Morgan fingerprint density at radius 2 is 0.951 bits per heavy atom. The molecule has 4 aliphatic rings. The molecular weight excluding hydrogens is 859 g/mol. The minimum Gasteiger partial charge on any atom is -1.00 e. The number of hydrogen-bond donors (Lipinski definition) is 0. The summed E-state index contributed by atoms with van der Waals surface area (Å²) in [5, 5.41) is 0. The van der Waals surface area contributed by atoms with Gasteiger partial charge in [0.2, 0.25) is 0 Å². The van der Waals surface area contributed by atoms with Gasteiger partial charge in [-0.3, -0.25) is 0 Å². The molecule has 0 radical (unpaired) electrons. The zero-order valence-electron chi connectivity index (χ0n) is 40.1. The van der Waals surface area contributed by atoms with Gasteiger partial charge in [-0.15, -0.1) is 0 Å². The standard InChI is InChI=1S/C27H29.C21H26.C10H15.2ClH.Zr/c1-16-7-9-26(3,4)24-12-18-11-19-13-25-21(17(2)8-10-27(25,5)6)15-23(19)22(18)14-20(16)24;1-20(2,3)18-11-7-16(8-12-18)15-17-9-13-19(14-10-17)21(4,5)6;1-8-5-6-9(7-8)10(2,3)4;;;/h7-8,11-15H,9-10H2,1-6H3;7-14H,1-6H3;6-8H,1-4H3;2*1H;/q;;;;;+2/p-2. The first-order chi connectivity index (χ1) is 27.4. The van der Waals surface area contributed by atoms with E-state index < -0.39 is 21.3 Å². The van der Waals surface area contributed by atoms with Gasteiger partial charge in [-0.2, -0.15) is 0 Å². The van der Waals surface area contributed by atoms with E-state index in [9.17, 15) is 0 Å². The van der Waals surface area contributed by atoms with Crippen molar-refractivity contribution in [3.05, 3.63) is 162 Å². The van der Waals surface area contributed by atoms with E-state index in [0.29, 0.717) is 9.54 Å². The van der Waals surface area contributed by atoms with Crippen LogP contribution in [0.25, 0.3) is 22.3 Å². The molecule has 0 spiro atoms. The molecule has 1 atom stereocenters. The maximum Gasteiger partial charge on any atom is -1.00 e. The van der Waals surface area contributed by atoms with Crippen LogP contribution in [-0.4, -0.2) is 3.21 Å². The summed E-state index contributed by atoms with van der Waals surface area (Å²) in [7, 11) is 0. The van der Waals surface area contributed by atoms with Gasteiger partial charge in [0.15, 0.2) is 0 Å². The summed E-state index contributed by atoms with van der Waals surface area (Å²) >= 11 is -3.10. The van der Waals surface area contributed by atoms with Gasteiger partial charge in [-0.25, -0.2) is 0 Å². The van der Waals surface area contributed by atoms with E-state index in [4.69, 9.17) is 0 Å². The molecule has 8 rings (SSSR count). The molecular formula is C58H70Cl2Zr. The van der Waals surface area contributed by atoms with Gasteiger partial charge in [-0.05, 0) is 0 Å². The van der Waals surface area contributed by atoms with Crippen LogP contribution in [0.15, 0.2) is 106 Å². The number of allylic oxidation sites excluding steroid dienone is 8. The first-order valence-electron chi connectivity index (χ1n) is 22.5. The molecule has 0 aliphatic heterocycles. The van der Waals surface area contributed by atoms with E-state index in [0.717, 1.165) is 12.8 Å². The fourth-order valence-corrected chi connectivity index (χ4v) is 19.9. The Morgan fingerprint density at radius 1 is 0.557 bits per heavy atom. The second-order valence-electron chi connectivity index (χ2n) is 23.1. The van der Waals surface area contributed by atoms with Crippen molar-refractivity contribution in [1.29, 1.82) is 0 Å². The molecule has 0 nitrogen and oxygen atoms in total. The van der Waals surface area contributed by atoms with Gasteiger partial charge in [0.25, 0.3) is 0 Å². The summed E-state index contributed by atoms with van der Waals surface area (Å²) in [6.07, 6.45) is 12.5. The van der Waals surface area contributed by atoms with Crippen LogP contribution in [0.3, 0.4) is 0 Å². The third kappa shape index (κ3) is 8.49. The molecule has 0 heterocycles. The summed E-state index contributed by atoms with van der Waals surface area (Å²) in [6, 6.07) is 30.5. The number of rotatable bonds is 4. The Balaban J connectivity index is 0.00000311. The van der Waals surface area contributed by atoms with Crippen molar-refractivity contribution in [1.82, 2.24) is 0 Å². The van der Waals surface area contributed by atoms with Gasteiger partial charge < -0.3 is 24.8 Å². The summed E-state index contributed by atoms with van der Waals surface area (Å²) in [4.78, 5) is 0. The summed E-state index contributed by atoms with van der Waals surface area (Å²) in [6.45, 7) is 38.4. The quantitative estimate of drug-likeness (QED) is 0.191. The predicted octanol–water partition coefficient (Wildman–Crippen LogP) is 9.92. The summed E-state index contributed by atoms with van der Waals surface area (Å²) in [5.41, 5.74) is 22.5. The van der Waals surface area contributed by atoms with Crippen LogP contribution in [-0.2, 0) is 42.9 Å². The smallest absolute Gasteiger partial charge is 1.00 e. The zero-order chi connectivity index (χ0) is 42.8. The van der Waals surface area contributed by atoms with Gasteiger partial charge in [-0.1, -0.05) is 0 Å². The van der Waals surface area contributed by atoms with Crippen LogP contribution in [0.4, 0.5) is 0 Å². The molecule has 0 fully saturated rings. The molecule has 4 aliphatic carbocycles. The van der Waals surface area contributed by atoms with Crippen molar-refractivity contribution in [3.63, 3.8) is 0 Å². The third-order valence-electron chi connectivity index (χ3n) is 14.5. The topological polar surface area (TPSA) is 0 Å². The molecule has 0 N–H and O–H groups in total. The van der Waals surface area contributed by atoms with Crippen LogP contribution < -0.4 is 24.8 Å². The minimum atomic E-state index is -3.10. The van der Waals surface area contributed by atoms with Crippen molar-refractivity contribution in [3.8, 4) is 11.1 Å². The molecule has 0 amide bonds. The molecule has 0 saturated heterocycles. The van der Waals surface area contributed by atoms with E-state index in [1.165, 1.54) is 72.4 Å². The van der Waals surface area contributed by atoms with E-state index in [1.54, 1.807) is 17.6 Å². The minimum absolute atomic E-state index is 0. The van der Waals surface area contributed by atoms with E-state index in [-0.39, 0.29) is 51.9 Å². The van der Waals surface area contributed by atoms with Gasteiger partial charge in [0.05, 0.1) is 0 Å². The fourth-order valence-electron chi connectivity index (χ4n) is 10.4. The molecule has 3 heteroatoms. The number of halogens is 2. The first kappa shape index (κ1) is 47.6. The van der Waals surface area contributed by atoms with Crippen molar-refractivity contribution in [2.24, 2.45) is 11.3 Å². The second kappa shape index (κ2) is 16.3. The van der Waals surface area contributed by atoms with Crippen LogP contribution >= 0.6 is 0 Å². The summed E-state index contributed by atoms with van der Waals surface area (Å²) in [5.74, 6) is 0.391. The molecule has 320 valence electrons. The van der Waals surface area contributed by atoms with E-state index in [1.807, 2.05) is 0 Å². The molecule has 0 aromatic heterocycles. The second-order valence-corrected chi connectivity index (χ2v) is 29.2. The van der Waals surface area contributed by atoms with Crippen molar-refractivity contribution < 1.29 is 46.1 Å². The van der Waals surface area contributed by atoms with Crippen molar-refractivity contribution in [2.45, 2.75) is 149 Å².